The molecule has 0 aromatic heterocycles. The fourth-order valence-electron chi connectivity index (χ4n) is 2.57. The van der Waals surface area contributed by atoms with Crippen molar-refractivity contribution in [3.8, 4) is 0 Å². The number of carbonyl (C=O) groups is 1. The van der Waals surface area contributed by atoms with Crippen LogP contribution in [0.1, 0.15) is 12.8 Å². The number of fused-ring (bicyclic) bond motifs is 1. The molecule has 92 valence electrons. The van der Waals surface area contributed by atoms with E-state index in [0.717, 1.165) is 25.6 Å². The Kier molecular flexibility index (Phi) is 3.21. The summed E-state index contributed by atoms with van der Waals surface area (Å²) in [5, 5.41) is 3.39. The molecule has 1 N–H and O–H groups in total. The van der Waals surface area contributed by atoms with Gasteiger partial charge in [0.2, 0.25) is 5.91 Å². The van der Waals surface area contributed by atoms with Gasteiger partial charge in [-0.15, -0.1) is 0 Å². The zero-order valence-corrected chi connectivity index (χ0v) is 10.3. The molecule has 2 fully saturated rings. The number of sulfone groups is 1. The van der Waals surface area contributed by atoms with Gasteiger partial charge in [0.25, 0.3) is 0 Å². The molecule has 2 heterocycles. The third kappa shape index (κ3) is 2.74. The van der Waals surface area contributed by atoms with Gasteiger partial charge in [0.15, 0.2) is 9.84 Å². The predicted molar refractivity (Wildman–Crippen MR) is 60.8 cm³/mol. The molecule has 5 nitrogen and oxygen atoms in total. The van der Waals surface area contributed by atoms with Crippen LogP contribution in [0.3, 0.4) is 0 Å². The minimum atomic E-state index is -3.21. The number of amides is 1. The molecule has 0 aliphatic carbocycles. The van der Waals surface area contributed by atoms with Crippen molar-refractivity contribution in [3.05, 3.63) is 0 Å². The molecule has 0 aromatic rings. The third-order valence-corrected chi connectivity index (χ3v) is 4.11. The van der Waals surface area contributed by atoms with Crippen LogP contribution in [0.4, 0.5) is 0 Å². The van der Waals surface area contributed by atoms with E-state index < -0.39 is 9.84 Å². The van der Waals surface area contributed by atoms with E-state index in [1.165, 1.54) is 0 Å². The van der Waals surface area contributed by atoms with E-state index in [9.17, 15) is 13.2 Å². The number of hydrogen-bond donors (Lipinski definition) is 1. The summed E-state index contributed by atoms with van der Waals surface area (Å²) in [6.45, 7) is 2.39. The highest BCUT2D eigenvalue weighted by Gasteiger charge is 2.36. The summed E-state index contributed by atoms with van der Waals surface area (Å²) in [4.78, 5) is 13.4. The smallest absolute Gasteiger partial charge is 0.237 e. The van der Waals surface area contributed by atoms with Gasteiger partial charge in [-0.05, 0) is 25.3 Å². The molecule has 0 aromatic carbocycles. The van der Waals surface area contributed by atoms with E-state index in [0.29, 0.717) is 25.0 Å². The largest absolute Gasteiger partial charge is 0.340 e. The number of piperidine rings is 1. The lowest BCUT2D eigenvalue weighted by Crippen LogP contribution is -2.41. The standard InChI is InChI=1S/C10H18N2O3S/c1-16(14,15)7-10(13)12-5-8-3-2-4-11-9(8)6-12/h8-9,11H,2-7H2,1H3. The van der Waals surface area contributed by atoms with Gasteiger partial charge >= 0.3 is 0 Å². The Labute approximate surface area is 96.1 Å². The lowest BCUT2D eigenvalue weighted by atomic mass is 9.94. The van der Waals surface area contributed by atoms with Gasteiger partial charge < -0.3 is 10.2 Å². The zero-order chi connectivity index (χ0) is 11.8. The van der Waals surface area contributed by atoms with Gasteiger partial charge in [0.1, 0.15) is 5.75 Å². The fraction of sp³-hybridized carbons (Fsp3) is 0.900. The molecule has 1 amide bonds. The van der Waals surface area contributed by atoms with Crippen LogP contribution in [0.2, 0.25) is 0 Å². The average molecular weight is 246 g/mol. The van der Waals surface area contributed by atoms with Crippen LogP contribution < -0.4 is 5.32 Å². The van der Waals surface area contributed by atoms with Gasteiger partial charge in [-0.3, -0.25) is 4.79 Å². The first-order valence-corrected chi connectivity index (χ1v) is 7.70. The second-order valence-electron chi connectivity index (χ2n) is 4.83. The molecule has 0 radical (unpaired) electrons. The van der Waals surface area contributed by atoms with Crippen LogP contribution in [-0.2, 0) is 14.6 Å². The molecule has 2 unspecified atom stereocenters. The van der Waals surface area contributed by atoms with E-state index in [2.05, 4.69) is 5.32 Å². The van der Waals surface area contributed by atoms with Crippen molar-refractivity contribution in [1.82, 2.24) is 10.2 Å². The van der Waals surface area contributed by atoms with Crippen molar-refractivity contribution < 1.29 is 13.2 Å². The Bertz CT molecular complexity index is 366. The highest BCUT2D eigenvalue weighted by molar-refractivity contribution is 7.91. The Hall–Kier alpha value is -0.620. The third-order valence-electron chi connectivity index (χ3n) is 3.34. The molecule has 0 spiro atoms. The van der Waals surface area contributed by atoms with Gasteiger partial charge in [0.05, 0.1) is 0 Å². The van der Waals surface area contributed by atoms with E-state index in [1.54, 1.807) is 4.90 Å². The lowest BCUT2D eigenvalue weighted by molar-refractivity contribution is -0.127. The first-order chi connectivity index (χ1) is 7.46. The van der Waals surface area contributed by atoms with E-state index in [1.807, 2.05) is 0 Å². The van der Waals surface area contributed by atoms with Crippen molar-refractivity contribution in [2.45, 2.75) is 18.9 Å². The number of carbonyl (C=O) groups excluding carboxylic acids is 1. The summed E-state index contributed by atoms with van der Waals surface area (Å²) in [6, 6.07) is 0.372. The first kappa shape index (κ1) is 11.9. The zero-order valence-electron chi connectivity index (χ0n) is 9.48. The van der Waals surface area contributed by atoms with Gasteiger partial charge in [-0.1, -0.05) is 0 Å². The van der Waals surface area contributed by atoms with Gasteiger partial charge in [0, 0.05) is 25.4 Å². The summed E-state index contributed by atoms with van der Waals surface area (Å²) < 4.78 is 22.1. The summed E-state index contributed by atoms with van der Waals surface area (Å²) >= 11 is 0. The molecular weight excluding hydrogens is 228 g/mol. The summed E-state index contributed by atoms with van der Waals surface area (Å²) in [5.74, 6) is -0.0946. The highest BCUT2D eigenvalue weighted by Crippen LogP contribution is 2.24. The second-order valence-corrected chi connectivity index (χ2v) is 6.97. The minimum Gasteiger partial charge on any atom is -0.340 e. The summed E-state index contributed by atoms with van der Waals surface area (Å²) in [6.07, 6.45) is 3.39. The number of nitrogens with zero attached hydrogens (tertiary/aromatic N) is 1. The van der Waals surface area contributed by atoms with Crippen LogP contribution in [-0.4, -0.2) is 56.9 Å². The molecule has 0 bridgehead atoms. The van der Waals surface area contributed by atoms with Crippen molar-refractivity contribution in [2.24, 2.45) is 5.92 Å². The van der Waals surface area contributed by atoms with Crippen LogP contribution in [0.15, 0.2) is 0 Å². The fourth-order valence-corrected chi connectivity index (χ4v) is 3.20. The molecular formula is C10H18N2O3S. The van der Waals surface area contributed by atoms with Crippen molar-refractivity contribution in [2.75, 3.05) is 31.6 Å². The first-order valence-electron chi connectivity index (χ1n) is 5.64. The van der Waals surface area contributed by atoms with Crippen LogP contribution in [0.5, 0.6) is 0 Å². The normalized spacial score (nSPS) is 30.2. The maximum Gasteiger partial charge on any atom is 0.237 e. The molecule has 2 atom stereocenters. The van der Waals surface area contributed by atoms with Crippen molar-refractivity contribution >= 4 is 15.7 Å². The molecule has 2 saturated heterocycles. The van der Waals surface area contributed by atoms with E-state index in [4.69, 9.17) is 0 Å². The predicted octanol–water partition coefficient (Wildman–Crippen LogP) is -0.759. The second kappa shape index (κ2) is 4.33. The minimum absolute atomic E-state index is 0.251. The maximum atomic E-state index is 11.7. The Morgan fingerprint density at radius 3 is 2.81 bits per heavy atom. The Balaban J connectivity index is 1.95. The van der Waals surface area contributed by atoms with Crippen LogP contribution in [0.25, 0.3) is 0 Å². The number of likely N-dealkylation sites (tertiary alicyclic amines) is 1. The molecule has 0 saturated carbocycles. The summed E-state index contributed by atoms with van der Waals surface area (Å²) in [5.41, 5.74) is 0. The van der Waals surface area contributed by atoms with E-state index in [-0.39, 0.29) is 11.7 Å². The van der Waals surface area contributed by atoms with Crippen molar-refractivity contribution in [1.29, 1.82) is 0 Å². The summed E-state index contributed by atoms with van der Waals surface area (Å²) in [7, 11) is -3.21. The number of rotatable bonds is 2. The van der Waals surface area contributed by atoms with Crippen LogP contribution >= 0.6 is 0 Å². The molecule has 2 aliphatic heterocycles. The quantitative estimate of drug-likeness (QED) is 0.695. The van der Waals surface area contributed by atoms with Gasteiger partial charge in [-0.2, -0.15) is 0 Å². The Morgan fingerprint density at radius 2 is 2.19 bits per heavy atom. The highest BCUT2D eigenvalue weighted by atomic mass is 32.2. The molecule has 2 aliphatic rings. The van der Waals surface area contributed by atoms with Gasteiger partial charge in [-0.25, -0.2) is 8.42 Å². The molecule has 2 rings (SSSR count). The topological polar surface area (TPSA) is 66.5 Å². The SMILES string of the molecule is CS(=O)(=O)CC(=O)N1CC2CCCNC2C1. The Morgan fingerprint density at radius 1 is 1.44 bits per heavy atom. The number of hydrogen-bond acceptors (Lipinski definition) is 4. The average Bonchev–Trinajstić information content (AvgIpc) is 2.58. The monoisotopic (exact) mass is 246 g/mol. The van der Waals surface area contributed by atoms with E-state index >= 15 is 0 Å². The van der Waals surface area contributed by atoms with Crippen LogP contribution in [0, 0.1) is 5.92 Å². The molecule has 6 heteroatoms. The maximum absolute atomic E-state index is 11.7. The molecule has 16 heavy (non-hydrogen) atoms. The van der Waals surface area contributed by atoms with Crippen molar-refractivity contribution in [3.63, 3.8) is 0 Å². The lowest BCUT2D eigenvalue weighted by Gasteiger charge is -2.24. The number of nitrogens with one attached hydrogen (secondary N) is 1.